The van der Waals surface area contributed by atoms with Crippen molar-refractivity contribution in [3.63, 3.8) is 0 Å². The van der Waals surface area contributed by atoms with Crippen molar-refractivity contribution in [3.8, 4) is 0 Å². The molecule has 0 aromatic carbocycles. The molecular weight excluding hydrogens is 335 g/mol. The van der Waals surface area contributed by atoms with E-state index in [2.05, 4.69) is 10.3 Å². The fourth-order valence-electron chi connectivity index (χ4n) is 2.69. The molecular formula is C16H24F3N5O. The minimum atomic E-state index is -4.21. The quantitative estimate of drug-likeness (QED) is 0.893. The summed E-state index contributed by atoms with van der Waals surface area (Å²) in [4.78, 5) is 21.3. The topological polar surface area (TPSA) is 51.7 Å². The highest BCUT2D eigenvalue weighted by Gasteiger charge is 2.31. The molecule has 2 rings (SSSR count). The normalized spacial score (nSPS) is 16.4. The van der Waals surface area contributed by atoms with Gasteiger partial charge in [0, 0.05) is 53.0 Å². The van der Waals surface area contributed by atoms with Crippen molar-refractivity contribution >= 4 is 11.8 Å². The van der Waals surface area contributed by atoms with Crippen LogP contribution in [-0.2, 0) is 6.54 Å². The molecule has 0 unspecified atom stereocenters. The van der Waals surface area contributed by atoms with Gasteiger partial charge in [-0.25, -0.2) is 9.78 Å². The molecule has 1 N–H and O–H groups in total. The molecule has 1 aromatic rings. The summed E-state index contributed by atoms with van der Waals surface area (Å²) in [5, 5.41) is 2.83. The number of urea groups is 1. The van der Waals surface area contributed by atoms with Gasteiger partial charge in [0.1, 0.15) is 5.82 Å². The fourth-order valence-corrected chi connectivity index (χ4v) is 2.69. The molecule has 0 saturated carbocycles. The molecule has 2 amide bonds. The maximum atomic E-state index is 12.5. The molecule has 1 aromatic heterocycles. The predicted molar refractivity (Wildman–Crippen MR) is 89.5 cm³/mol. The van der Waals surface area contributed by atoms with Gasteiger partial charge in [0.05, 0.1) is 6.54 Å². The van der Waals surface area contributed by atoms with Crippen LogP contribution >= 0.6 is 0 Å². The summed E-state index contributed by atoms with van der Waals surface area (Å²) in [6.07, 6.45) is -2.00. The van der Waals surface area contributed by atoms with Gasteiger partial charge in [-0.05, 0) is 24.1 Å². The van der Waals surface area contributed by atoms with Gasteiger partial charge in [0.2, 0.25) is 0 Å². The second-order valence-electron chi connectivity index (χ2n) is 6.31. The first-order valence-electron chi connectivity index (χ1n) is 8.19. The highest BCUT2D eigenvalue weighted by atomic mass is 19.4. The summed E-state index contributed by atoms with van der Waals surface area (Å²) in [7, 11) is 3.77. The Kier molecular flexibility index (Phi) is 6.46. The fraction of sp³-hybridized carbons (Fsp3) is 0.625. The van der Waals surface area contributed by atoms with Crippen molar-refractivity contribution in [2.45, 2.75) is 19.1 Å². The third-order valence-corrected chi connectivity index (χ3v) is 3.99. The second kappa shape index (κ2) is 8.37. The van der Waals surface area contributed by atoms with E-state index in [1.165, 1.54) is 4.90 Å². The van der Waals surface area contributed by atoms with E-state index >= 15 is 0 Å². The van der Waals surface area contributed by atoms with Crippen LogP contribution in [-0.4, -0.2) is 73.8 Å². The van der Waals surface area contributed by atoms with E-state index in [0.29, 0.717) is 32.6 Å². The zero-order valence-electron chi connectivity index (χ0n) is 14.5. The van der Waals surface area contributed by atoms with E-state index in [0.717, 1.165) is 11.4 Å². The Morgan fingerprint density at radius 3 is 2.72 bits per heavy atom. The summed E-state index contributed by atoms with van der Waals surface area (Å²) in [6, 6.07) is 3.45. The zero-order chi connectivity index (χ0) is 18.4. The standard InChI is InChI=1S/C16H24F3N5O/c1-22(2)14-10-13(4-5-20-14)11-21-15(25)24-7-3-6-23(8-9-24)12-16(17,18)19/h4-5,10H,3,6-9,11-12H2,1-2H3,(H,21,25). The van der Waals surface area contributed by atoms with E-state index in [1.807, 2.05) is 31.1 Å². The Balaban J connectivity index is 1.84. The highest BCUT2D eigenvalue weighted by molar-refractivity contribution is 5.74. The van der Waals surface area contributed by atoms with Crippen LogP contribution in [0, 0.1) is 0 Å². The number of nitrogens with one attached hydrogen (secondary N) is 1. The molecule has 1 saturated heterocycles. The smallest absolute Gasteiger partial charge is 0.363 e. The average molecular weight is 359 g/mol. The van der Waals surface area contributed by atoms with Crippen LogP contribution in [0.1, 0.15) is 12.0 Å². The lowest BCUT2D eigenvalue weighted by molar-refractivity contribution is -0.145. The monoisotopic (exact) mass is 359 g/mol. The Morgan fingerprint density at radius 1 is 1.28 bits per heavy atom. The Morgan fingerprint density at radius 2 is 2.04 bits per heavy atom. The number of carbonyl (C=O) groups is 1. The number of amides is 2. The number of hydrogen-bond donors (Lipinski definition) is 1. The van der Waals surface area contributed by atoms with E-state index in [4.69, 9.17) is 0 Å². The van der Waals surface area contributed by atoms with Gasteiger partial charge in [-0.3, -0.25) is 4.90 Å². The number of hydrogen-bond acceptors (Lipinski definition) is 4. The van der Waals surface area contributed by atoms with Gasteiger partial charge in [0.15, 0.2) is 0 Å². The van der Waals surface area contributed by atoms with Gasteiger partial charge in [0.25, 0.3) is 0 Å². The Labute approximate surface area is 145 Å². The minimum Gasteiger partial charge on any atom is -0.363 e. The van der Waals surface area contributed by atoms with Crippen molar-refractivity contribution in [2.24, 2.45) is 0 Å². The van der Waals surface area contributed by atoms with Crippen LogP contribution in [0.15, 0.2) is 18.3 Å². The van der Waals surface area contributed by atoms with Crippen molar-refractivity contribution in [2.75, 3.05) is 51.7 Å². The Bertz CT molecular complexity index is 579. The molecule has 0 spiro atoms. The van der Waals surface area contributed by atoms with Gasteiger partial charge < -0.3 is 15.1 Å². The van der Waals surface area contributed by atoms with Crippen molar-refractivity contribution < 1.29 is 18.0 Å². The number of carbonyl (C=O) groups excluding carboxylic acids is 1. The van der Waals surface area contributed by atoms with E-state index in [9.17, 15) is 18.0 Å². The Hall–Kier alpha value is -2.03. The van der Waals surface area contributed by atoms with Gasteiger partial charge in [-0.1, -0.05) is 0 Å². The minimum absolute atomic E-state index is 0.229. The van der Waals surface area contributed by atoms with E-state index in [-0.39, 0.29) is 12.6 Å². The van der Waals surface area contributed by atoms with Crippen LogP contribution in [0.2, 0.25) is 0 Å². The molecule has 6 nitrogen and oxygen atoms in total. The summed E-state index contributed by atoms with van der Waals surface area (Å²) < 4.78 is 37.4. The third-order valence-electron chi connectivity index (χ3n) is 3.99. The molecule has 140 valence electrons. The summed E-state index contributed by atoms with van der Waals surface area (Å²) >= 11 is 0. The summed E-state index contributed by atoms with van der Waals surface area (Å²) in [5.41, 5.74) is 0.917. The van der Waals surface area contributed by atoms with Crippen molar-refractivity contribution in [1.29, 1.82) is 0 Å². The van der Waals surface area contributed by atoms with Gasteiger partial charge in [-0.2, -0.15) is 13.2 Å². The molecule has 0 bridgehead atoms. The summed E-state index contributed by atoms with van der Waals surface area (Å²) in [5.74, 6) is 0.796. The van der Waals surface area contributed by atoms with Crippen LogP contribution < -0.4 is 10.2 Å². The lowest BCUT2D eigenvalue weighted by atomic mass is 10.2. The largest absolute Gasteiger partial charge is 0.401 e. The molecule has 2 heterocycles. The van der Waals surface area contributed by atoms with Crippen LogP contribution in [0.3, 0.4) is 0 Å². The molecule has 0 aliphatic carbocycles. The number of halogens is 3. The number of alkyl halides is 3. The van der Waals surface area contributed by atoms with Gasteiger partial charge in [-0.15, -0.1) is 0 Å². The number of rotatable bonds is 4. The SMILES string of the molecule is CN(C)c1cc(CNC(=O)N2CCCN(CC(F)(F)F)CC2)ccn1. The lowest BCUT2D eigenvalue weighted by Crippen LogP contribution is -2.42. The van der Waals surface area contributed by atoms with Crippen LogP contribution in [0.25, 0.3) is 0 Å². The molecule has 25 heavy (non-hydrogen) atoms. The lowest BCUT2D eigenvalue weighted by Gasteiger charge is -2.23. The van der Waals surface area contributed by atoms with Crippen molar-refractivity contribution in [1.82, 2.24) is 20.1 Å². The first kappa shape index (κ1) is 19.3. The molecule has 0 atom stereocenters. The van der Waals surface area contributed by atoms with E-state index < -0.39 is 12.7 Å². The second-order valence-corrected chi connectivity index (χ2v) is 6.31. The first-order chi connectivity index (χ1) is 11.7. The number of nitrogens with zero attached hydrogens (tertiary/aromatic N) is 4. The molecule has 1 fully saturated rings. The highest BCUT2D eigenvalue weighted by Crippen LogP contribution is 2.17. The van der Waals surface area contributed by atoms with Gasteiger partial charge >= 0.3 is 12.2 Å². The number of pyridine rings is 1. The van der Waals surface area contributed by atoms with Crippen LogP contribution in [0.4, 0.5) is 23.8 Å². The number of aromatic nitrogens is 1. The molecule has 9 heteroatoms. The average Bonchev–Trinajstić information content (AvgIpc) is 2.77. The molecule has 1 aliphatic heterocycles. The molecule has 0 radical (unpaired) electrons. The predicted octanol–water partition coefficient (Wildman–Crippen LogP) is 1.93. The summed E-state index contributed by atoms with van der Waals surface area (Å²) in [6.45, 7) is 0.755. The zero-order valence-corrected chi connectivity index (χ0v) is 14.5. The maximum absolute atomic E-state index is 12.5. The molecule has 1 aliphatic rings. The number of anilines is 1. The van der Waals surface area contributed by atoms with Crippen molar-refractivity contribution in [3.05, 3.63) is 23.9 Å². The maximum Gasteiger partial charge on any atom is 0.401 e. The third kappa shape index (κ3) is 6.41. The first-order valence-corrected chi connectivity index (χ1v) is 8.19. The van der Waals surface area contributed by atoms with E-state index in [1.54, 1.807) is 11.1 Å². The van der Waals surface area contributed by atoms with Crippen LogP contribution in [0.5, 0.6) is 0 Å².